The summed E-state index contributed by atoms with van der Waals surface area (Å²) < 4.78 is 0. The molecular formula is C10H15ClN2O. The van der Waals surface area contributed by atoms with E-state index in [0.717, 1.165) is 5.56 Å². The van der Waals surface area contributed by atoms with Crippen LogP contribution in [0.25, 0.3) is 0 Å². The van der Waals surface area contributed by atoms with Crippen molar-refractivity contribution in [3.63, 3.8) is 0 Å². The maximum atomic E-state index is 9.72. The highest BCUT2D eigenvalue weighted by molar-refractivity contribution is 6.31. The van der Waals surface area contributed by atoms with Gasteiger partial charge < -0.3 is 10.8 Å². The average molecular weight is 215 g/mol. The lowest BCUT2D eigenvalue weighted by Gasteiger charge is -2.18. The number of rotatable bonds is 2. The molecule has 0 amide bonds. The SMILES string of the molecule is CC(N)c1cnc(C(C)(C)O)c(Cl)c1. The van der Waals surface area contributed by atoms with Crippen molar-refractivity contribution in [1.29, 1.82) is 0 Å². The van der Waals surface area contributed by atoms with Crippen LogP contribution >= 0.6 is 11.6 Å². The Balaban J connectivity index is 3.15. The first kappa shape index (κ1) is 11.4. The third-order valence-corrected chi connectivity index (χ3v) is 2.26. The summed E-state index contributed by atoms with van der Waals surface area (Å²) in [4.78, 5) is 4.11. The van der Waals surface area contributed by atoms with Gasteiger partial charge >= 0.3 is 0 Å². The summed E-state index contributed by atoms with van der Waals surface area (Å²) in [5, 5.41) is 10.2. The summed E-state index contributed by atoms with van der Waals surface area (Å²) in [6, 6.07) is 1.64. The van der Waals surface area contributed by atoms with Crippen molar-refractivity contribution in [3.8, 4) is 0 Å². The Morgan fingerprint density at radius 3 is 2.50 bits per heavy atom. The number of halogens is 1. The van der Waals surface area contributed by atoms with E-state index in [4.69, 9.17) is 17.3 Å². The predicted octanol–water partition coefficient (Wildman–Crippen LogP) is 1.98. The predicted molar refractivity (Wildman–Crippen MR) is 57.1 cm³/mol. The first-order valence-electron chi connectivity index (χ1n) is 4.46. The molecule has 4 heteroatoms. The third kappa shape index (κ3) is 2.44. The van der Waals surface area contributed by atoms with Gasteiger partial charge in [0.2, 0.25) is 0 Å². The van der Waals surface area contributed by atoms with E-state index in [2.05, 4.69) is 4.98 Å². The normalized spacial score (nSPS) is 14.1. The minimum Gasteiger partial charge on any atom is -0.384 e. The fourth-order valence-electron chi connectivity index (χ4n) is 1.15. The lowest BCUT2D eigenvalue weighted by molar-refractivity contribution is 0.0739. The summed E-state index contributed by atoms with van der Waals surface area (Å²) >= 11 is 5.98. The fourth-order valence-corrected chi connectivity index (χ4v) is 1.56. The van der Waals surface area contributed by atoms with Crippen molar-refractivity contribution < 1.29 is 5.11 Å². The Hall–Kier alpha value is -0.640. The van der Waals surface area contributed by atoms with Crippen LogP contribution in [0.15, 0.2) is 12.3 Å². The minimum absolute atomic E-state index is 0.101. The molecule has 0 aliphatic heterocycles. The molecule has 0 saturated heterocycles. The van der Waals surface area contributed by atoms with Gasteiger partial charge in [0, 0.05) is 12.2 Å². The molecule has 3 N–H and O–H groups in total. The molecule has 0 aliphatic rings. The number of nitrogens with zero attached hydrogens (tertiary/aromatic N) is 1. The van der Waals surface area contributed by atoms with Gasteiger partial charge in [-0.2, -0.15) is 0 Å². The van der Waals surface area contributed by atoms with Gasteiger partial charge in [0.05, 0.1) is 10.7 Å². The highest BCUT2D eigenvalue weighted by atomic mass is 35.5. The molecule has 0 aliphatic carbocycles. The Labute approximate surface area is 88.9 Å². The van der Waals surface area contributed by atoms with Crippen LogP contribution in [0.3, 0.4) is 0 Å². The molecule has 14 heavy (non-hydrogen) atoms. The van der Waals surface area contributed by atoms with Gasteiger partial charge in [0.1, 0.15) is 5.60 Å². The molecule has 0 bridgehead atoms. The lowest BCUT2D eigenvalue weighted by atomic mass is 10.0. The number of aromatic nitrogens is 1. The molecule has 0 aromatic carbocycles. The van der Waals surface area contributed by atoms with Crippen LogP contribution in [0.5, 0.6) is 0 Å². The van der Waals surface area contributed by atoms with Crippen molar-refractivity contribution in [2.24, 2.45) is 5.73 Å². The van der Waals surface area contributed by atoms with Crippen LogP contribution in [0.2, 0.25) is 5.02 Å². The quantitative estimate of drug-likeness (QED) is 0.792. The van der Waals surface area contributed by atoms with Crippen LogP contribution < -0.4 is 5.73 Å². The zero-order valence-electron chi connectivity index (χ0n) is 8.58. The van der Waals surface area contributed by atoms with Gasteiger partial charge in [-0.15, -0.1) is 0 Å². The number of hydrogen-bond acceptors (Lipinski definition) is 3. The summed E-state index contributed by atoms with van der Waals surface area (Å²) in [6.07, 6.45) is 1.64. The number of nitrogens with two attached hydrogens (primary N) is 1. The topological polar surface area (TPSA) is 59.1 Å². The molecule has 3 nitrogen and oxygen atoms in total. The van der Waals surface area contributed by atoms with E-state index in [-0.39, 0.29) is 6.04 Å². The smallest absolute Gasteiger partial charge is 0.102 e. The Morgan fingerprint density at radius 2 is 2.14 bits per heavy atom. The van der Waals surface area contributed by atoms with Crippen LogP contribution in [-0.4, -0.2) is 10.1 Å². The maximum absolute atomic E-state index is 9.72. The summed E-state index contributed by atoms with van der Waals surface area (Å²) in [6.45, 7) is 5.15. The van der Waals surface area contributed by atoms with Crippen LogP contribution in [0, 0.1) is 0 Å². The van der Waals surface area contributed by atoms with Crippen molar-refractivity contribution in [1.82, 2.24) is 4.98 Å². The molecule has 0 radical (unpaired) electrons. The zero-order chi connectivity index (χ0) is 10.9. The van der Waals surface area contributed by atoms with Crippen LogP contribution in [-0.2, 0) is 5.60 Å². The van der Waals surface area contributed by atoms with Crippen LogP contribution in [0.4, 0.5) is 0 Å². The maximum Gasteiger partial charge on any atom is 0.102 e. The van der Waals surface area contributed by atoms with Gasteiger partial charge in [0.25, 0.3) is 0 Å². The second-order valence-corrected chi connectivity index (χ2v) is 4.35. The third-order valence-electron chi connectivity index (χ3n) is 1.97. The van der Waals surface area contributed by atoms with Gasteiger partial charge in [0.15, 0.2) is 0 Å². The van der Waals surface area contributed by atoms with E-state index < -0.39 is 5.60 Å². The number of pyridine rings is 1. The molecule has 0 saturated carbocycles. The molecule has 0 fully saturated rings. The number of aliphatic hydroxyl groups is 1. The lowest BCUT2D eigenvalue weighted by Crippen LogP contribution is -2.19. The molecule has 1 heterocycles. The molecule has 0 spiro atoms. The molecule has 1 unspecified atom stereocenters. The van der Waals surface area contributed by atoms with E-state index in [1.807, 2.05) is 6.92 Å². The first-order chi connectivity index (χ1) is 6.32. The molecule has 1 rings (SSSR count). The van der Waals surface area contributed by atoms with Crippen molar-refractivity contribution in [3.05, 3.63) is 28.5 Å². The van der Waals surface area contributed by atoms with Gasteiger partial charge in [-0.05, 0) is 32.4 Å². The van der Waals surface area contributed by atoms with Crippen LogP contribution in [0.1, 0.15) is 38.1 Å². The monoisotopic (exact) mass is 214 g/mol. The van der Waals surface area contributed by atoms with Crippen molar-refractivity contribution in [2.45, 2.75) is 32.4 Å². The number of hydrogen-bond donors (Lipinski definition) is 2. The van der Waals surface area contributed by atoms with E-state index >= 15 is 0 Å². The van der Waals surface area contributed by atoms with E-state index in [1.54, 1.807) is 26.1 Å². The van der Waals surface area contributed by atoms with Crippen molar-refractivity contribution >= 4 is 11.6 Å². The highest BCUT2D eigenvalue weighted by Gasteiger charge is 2.21. The van der Waals surface area contributed by atoms with Gasteiger partial charge in [-0.3, -0.25) is 4.98 Å². The fraction of sp³-hybridized carbons (Fsp3) is 0.500. The first-order valence-corrected chi connectivity index (χ1v) is 4.84. The second kappa shape index (κ2) is 3.85. The Morgan fingerprint density at radius 1 is 1.57 bits per heavy atom. The standard InChI is InChI=1S/C10H15ClN2O/c1-6(12)7-4-8(11)9(13-5-7)10(2,3)14/h4-6,14H,12H2,1-3H3. The molecule has 78 valence electrons. The average Bonchev–Trinajstić information content (AvgIpc) is 2.01. The molecular weight excluding hydrogens is 200 g/mol. The van der Waals surface area contributed by atoms with E-state index in [1.165, 1.54) is 0 Å². The summed E-state index contributed by atoms with van der Waals surface area (Å²) in [5.74, 6) is 0. The largest absolute Gasteiger partial charge is 0.384 e. The second-order valence-electron chi connectivity index (χ2n) is 3.95. The van der Waals surface area contributed by atoms with Gasteiger partial charge in [-0.25, -0.2) is 0 Å². The Bertz CT molecular complexity index is 331. The Kier molecular flexibility index (Phi) is 3.14. The highest BCUT2D eigenvalue weighted by Crippen LogP contribution is 2.27. The van der Waals surface area contributed by atoms with E-state index in [0.29, 0.717) is 10.7 Å². The summed E-state index contributed by atoms with van der Waals surface area (Å²) in [7, 11) is 0. The minimum atomic E-state index is -1.02. The zero-order valence-corrected chi connectivity index (χ0v) is 9.34. The van der Waals surface area contributed by atoms with Gasteiger partial charge in [-0.1, -0.05) is 11.6 Å². The summed E-state index contributed by atoms with van der Waals surface area (Å²) in [5.41, 5.74) is 6.00. The molecule has 1 aromatic rings. The van der Waals surface area contributed by atoms with E-state index in [9.17, 15) is 5.11 Å². The van der Waals surface area contributed by atoms with Crippen molar-refractivity contribution in [2.75, 3.05) is 0 Å². The molecule has 1 aromatic heterocycles. The molecule has 1 atom stereocenters.